The maximum Gasteiger partial charge on any atom is 0.459 e. The van der Waals surface area contributed by atoms with Crippen LogP contribution in [0.25, 0.3) is 21.9 Å². The summed E-state index contributed by atoms with van der Waals surface area (Å²) >= 11 is 0. The number of imidazole rings is 1. The number of ether oxygens (including phenoxy) is 2. The molecule has 0 amide bonds. The lowest BCUT2D eigenvalue weighted by molar-refractivity contribution is -0.142. The van der Waals surface area contributed by atoms with Crippen LogP contribution in [0.2, 0.25) is 0 Å². The zero-order valence-corrected chi connectivity index (χ0v) is 23.3. The van der Waals surface area contributed by atoms with Crippen LogP contribution in [0.15, 0.2) is 58.6 Å². The third-order valence-electron chi connectivity index (χ3n) is 5.47. The van der Waals surface area contributed by atoms with Crippen molar-refractivity contribution >= 4 is 47.9 Å². The van der Waals surface area contributed by atoms with Gasteiger partial charge in [-0.15, -0.1) is 0 Å². The second-order valence-corrected chi connectivity index (χ2v) is 10.5. The molecule has 212 valence electrons. The number of hydrogen-bond acceptors (Lipinski definition) is 10. The van der Waals surface area contributed by atoms with Gasteiger partial charge in [0.1, 0.15) is 18.5 Å². The van der Waals surface area contributed by atoms with Gasteiger partial charge in [-0.25, -0.2) is 14.5 Å². The molecular formula is C25H30N7O7P. The molecule has 2 aromatic carbocycles. The number of carbonyl (C=O) groups is 1. The van der Waals surface area contributed by atoms with Crippen LogP contribution in [-0.4, -0.2) is 77.2 Å². The summed E-state index contributed by atoms with van der Waals surface area (Å²) < 4.78 is 37.1. The molecule has 40 heavy (non-hydrogen) atoms. The number of aromatic amines is 1. The second-order valence-electron chi connectivity index (χ2n) is 8.79. The molecule has 0 spiro atoms. The second kappa shape index (κ2) is 12.8. The predicted molar refractivity (Wildman–Crippen MR) is 149 cm³/mol. The molecule has 0 aliphatic heterocycles. The number of esters is 1. The van der Waals surface area contributed by atoms with Gasteiger partial charge in [-0.1, -0.05) is 36.4 Å². The molecule has 0 bridgehead atoms. The number of nitrogens with one attached hydrogen (secondary N) is 2. The highest BCUT2D eigenvalue weighted by molar-refractivity contribution is 7.52. The quantitative estimate of drug-likeness (QED) is 0.0798. The molecule has 0 saturated heterocycles. The molecule has 0 radical (unpaired) electrons. The number of H-pyrrole nitrogens is 1. The monoisotopic (exact) mass is 571 g/mol. The van der Waals surface area contributed by atoms with E-state index >= 15 is 0 Å². The molecule has 2 aromatic heterocycles. The first-order chi connectivity index (χ1) is 19.2. The fourth-order valence-electron chi connectivity index (χ4n) is 3.61. The van der Waals surface area contributed by atoms with E-state index in [4.69, 9.17) is 18.5 Å². The molecule has 14 nitrogen and oxygen atoms in total. The van der Waals surface area contributed by atoms with Crippen molar-refractivity contribution in [2.75, 3.05) is 34.4 Å². The van der Waals surface area contributed by atoms with Crippen molar-refractivity contribution in [1.82, 2.24) is 29.5 Å². The molecule has 1 unspecified atom stereocenters. The van der Waals surface area contributed by atoms with Crippen LogP contribution >= 0.6 is 7.75 Å². The SMILES string of the molecule is COC(=O)[C@H](C)NP(=O)(OCCOCn1cnc2c(=O)[nH]c(N=CN(C)C)nc21)Oc1cccc2ccccc12. The van der Waals surface area contributed by atoms with Crippen LogP contribution < -0.4 is 15.2 Å². The molecule has 2 atom stereocenters. The van der Waals surface area contributed by atoms with Crippen molar-refractivity contribution in [2.24, 2.45) is 4.99 Å². The number of methoxy groups -OCH3 is 1. The number of carbonyl (C=O) groups excluding carboxylic acids is 1. The fourth-order valence-corrected chi connectivity index (χ4v) is 5.10. The number of aliphatic imine (C=N–C) groups is 1. The van der Waals surface area contributed by atoms with Crippen molar-refractivity contribution in [2.45, 2.75) is 19.7 Å². The summed E-state index contributed by atoms with van der Waals surface area (Å²) in [5.41, 5.74) is -0.0120. The Bertz CT molecular complexity index is 1610. The lowest BCUT2D eigenvalue weighted by Gasteiger charge is -2.23. The van der Waals surface area contributed by atoms with Gasteiger partial charge >= 0.3 is 13.7 Å². The van der Waals surface area contributed by atoms with Crippen molar-refractivity contribution in [1.29, 1.82) is 0 Å². The van der Waals surface area contributed by atoms with Gasteiger partial charge in [0, 0.05) is 19.5 Å². The van der Waals surface area contributed by atoms with Gasteiger partial charge in [-0.2, -0.15) is 10.1 Å². The van der Waals surface area contributed by atoms with Gasteiger partial charge in [-0.3, -0.25) is 23.7 Å². The molecule has 4 aromatic rings. The lowest BCUT2D eigenvalue weighted by Crippen LogP contribution is -2.34. The van der Waals surface area contributed by atoms with Gasteiger partial charge in [0.25, 0.3) is 5.56 Å². The number of hydrogen-bond donors (Lipinski definition) is 2. The molecule has 0 saturated carbocycles. The minimum absolute atomic E-state index is 0.00826. The first-order valence-electron chi connectivity index (χ1n) is 12.2. The van der Waals surface area contributed by atoms with E-state index in [1.165, 1.54) is 31.3 Å². The maximum absolute atomic E-state index is 13.7. The Morgan fingerprint density at radius 1 is 1.23 bits per heavy atom. The molecule has 0 aliphatic carbocycles. The highest BCUT2D eigenvalue weighted by Crippen LogP contribution is 2.46. The number of benzene rings is 2. The van der Waals surface area contributed by atoms with Crippen LogP contribution in [0.3, 0.4) is 0 Å². The Balaban J connectivity index is 1.43. The smallest absolute Gasteiger partial charge is 0.459 e. The van der Waals surface area contributed by atoms with Crippen LogP contribution in [0, 0.1) is 0 Å². The summed E-state index contributed by atoms with van der Waals surface area (Å²) in [4.78, 5) is 41.1. The van der Waals surface area contributed by atoms with Crippen molar-refractivity contribution in [3.05, 3.63) is 59.1 Å². The van der Waals surface area contributed by atoms with E-state index in [0.717, 1.165) is 10.8 Å². The average molecular weight is 572 g/mol. The molecule has 0 fully saturated rings. The van der Waals surface area contributed by atoms with Crippen LogP contribution in [0.4, 0.5) is 5.95 Å². The van der Waals surface area contributed by atoms with Crippen LogP contribution in [0.5, 0.6) is 5.75 Å². The Morgan fingerprint density at radius 2 is 2.00 bits per heavy atom. The first kappa shape index (κ1) is 28.9. The Kier molecular flexibility index (Phi) is 9.27. The zero-order valence-electron chi connectivity index (χ0n) is 22.4. The summed E-state index contributed by atoms with van der Waals surface area (Å²) in [6.07, 6.45) is 2.92. The van der Waals surface area contributed by atoms with E-state index in [2.05, 4.69) is 25.0 Å². The molecule has 4 rings (SSSR count). The van der Waals surface area contributed by atoms with E-state index in [1.807, 2.05) is 30.3 Å². The molecule has 2 N–H and O–H groups in total. The highest BCUT2D eigenvalue weighted by atomic mass is 31.2. The van der Waals surface area contributed by atoms with Crippen molar-refractivity contribution in [3.63, 3.8) is 0 Å². The molecule has 15 heteroatoms. The normalized spacial score (nSPS) is 13.9. The number of fused-ring (bicyclic) bond motifs is 2. The summed E-state index contributed by atoms with van der Waals surface area (Å²) in [7, 11) is 0.742. The summed E-state index contributed by atoms with van der Waals surface area (Å²) in [6.45, 7) is 1.31. The highest BCUT2D eigenvalue weighted by Gasteiger charge is 2.32. The lowest BCUT2D eigenvalue weighted by atomic mass is 10.1. The minimum atomic E-state index is -4.06. The fraction of sp³-hybridized carbons (Fsp3) is 0.320. The topological polar surface area (TPSA) is 162 Å². The van der Waals surface area contributed by atoms with Crippen molar-refractivity contribution < 1.29 is 27.9 Å². The summed E-state index contributed by atoms with van der Waals surface area (Å²) in [5.74, 6) is -0.195. The zero-order chi connectivity index (χ0) is 28.7. The molecule has 2 heterocycles. The van der Waals surface area contributed by atoms with Gasteiger partial charge in [0.05, 0.1) is 33.0 Å². The van der Waals surface area contributed by atoms with E-state index in [0.29, 0.717) is 5.75 Å². The minimum Gasteiger partial charge on any atom is -0.468 e. The van der Waals surface area contributed by atoms with E-state index < -0.39 is 25.3 Å². The average Bonchev–Trinajstić information content (AvgIpc) is 3.34. The Morgan fingerprint density at radius 3 is 2.77 bits per heavy atom. The Hall–Kier alpha value is -4.10. The first-order valence-corrected chi connectivity index (χ1v) is 13.7. The number of aromatic nitrogens is 4. The Labute approximate surface area is 229 Å². The van der Waals surface area contributed by atoms with Gasteiger partial charge < -0.3 is 18.9 Å². The van der Waals surface area contributed by atoms with Crippen LogP contribution in [0.1, 0.15) is 6.92 Å². The number of nitrogens with zero attached hydrogens (tertiary/aromatic N) is 5. The molecule has 0 aliphatic rings. The van der Waals surface area contributed by atoms with Crippen LogP contribution in [-0.2, 0) is 30.1 Å². The maximum atomic E-state index is 13.7. The summed E-state index contributed by atoms with van der Waals surface area (Å²) in [5, 5.41) is 4.22. The third kappa shape index (κ3) is 7.10. The van der Waals surface area contributed by atoms with Gasteiger partial charge in [0.15, 0.2) is 11.2 Å². The number of rotatable bonds is 13. The van der Waals surface area contributed by atoms with E-state index in [1.54, 1.807) is 31.1 Å². The molecular weight excluding hydrogens is 541 g/mol. The third-order valence-corrected chi connectivity index (χ3v) is 7.13. The summed E-state index contributed by atoms with van der Waals surface area (Å²) in [6, 6.07) is 11.8. The van der Waals surface area contributed by atoms with E-state index in [9.17, 15) is 14.2 Å². The largest absolute Gasteiger partial charge is 0.468 e. The van der Waals surface area contributed by atoms with Gasteiger partial charge in [0.2, 0.25) is 5.95 Å². The van der Waals surface area contributed by atoms with Gasteiger partial charge in [-0.05, 0) is 18.4 Å². The van der Waals surface area contributed by atoms with Crippen molar-refractivity contribution in [3.8, 4) is 5.75 Å². The predicted octanol–water partition coefficient (Wildman–Crippen LogP) is 2.82. The van der Waals surface area contributed by atoms with E-state index in [-0.39, 0.29) is 37.1 Å². The standard InChI is InChI=1S/C25H30N7O7P/c1-17(24(34)36-4)30-40(35,39-20-11-7-9-18-8-5-6-10-19(18)20)38-13-12-37-16-32-15-26-21-22(32)28-25(29-23(21)33)27-14-31(2)3/h5-11,14-15,17H,12-13,16H2,1-4H3,(H,30,35)(H,28,29,33)/t17-,40?/m0/s1.